The van der Waals surface area contributed by atoms with Gasteiger partial charge in [0.25, 0.3) is 0 Å². The molecule has 0 aliphatic heterocycles. The molecular formula is C16H13ClFN3Se. The third-order valence-electron chi connectivity index (χ3n) is 4.02. The molecule has 1 aliphatic carbocycles. The summed E-state index contributed by atoms with van der Waals surface area (Å²) in [6.07, 6.45) is 4.70. The van der Waals surface area contributed by atoms with E-state index in [2.05, 4.69) is 4.98 Å². The molecule has 0 bridgehead atoms. The third-order valence-corrected chi connectivity index (χ3v) is 6.80. The second-order valence-corrected chi connectivity index (χ2v) is 8.13. The Morgan fingerprint density at radius 2 is 2.00 bits per heavy atom. The molecule has 0 amide bonds. The molecule has 22 heavy (non-hydrogen) atoms. The second kappa shape index (κ2) is 5.34. The molecule has 112 valence electrons. The van der Waals surface area contributed by atoms with Crippen molar-refractivity contribution in [2.45, 2.75) is 25.7 Å². The molecule has 1 aliphatic rings. The quantitative estimate of drug-likeness (QED) is 0.656. The molecule has 0 atom stereocenters. The van der Waals surface area contributed by atoms with Gasteiger partial charge in [0.1, 0.15) is 0 Å². The predicted molar refractivity (Wildman–Crippen MR) is 87.9 cm³/mol. The molecule has 4 rings (SSSR count). The van der Waals surface area contributed by atoms with Crippen molar-refractivity contribution in [2.75, 3.05) is 5.73 Å². The SMILES string of the molecule is Nc1nc(-c2ccc(F)c(Cl)c2)nc2[se]c3c(c12)CCCC3. The normalized spacial score (nSPS) is 14.3. The van der Waals surface area contributed by atoms with Gasteiger partial charge >= 0.3 is 138 Å². The molecule has 6 heteroatoms. The number of hydrogen-bond acceptors (Lipinski definition) is 3. The van der Waals surface area contributed by atoms with Crippen molar-refractivity contribution in [2.24, 2.45) is 0 Å². The van der Waals surface area contributed by atoms with Crippen molar-refractivity contribution in [3.63, 3.8) is 0 Å². The predicted octanol–water partition coefficient (Wildman–Crippen LogP) is 3.61. The van der Waals surface area contributed by atoms with Gasteiger partial charge in [-0.25, -0.2) is 0 Å². The van der Waals surface area contributed by atoms with Crippen LogP contribution in [0.3, 0.4) is 0 Å². The number of fused-ring (bicyclic) bond motifs is 3. The van der Waals surface area contributed by atoms with Gasteiger partial charge in [0.2, 0.25) is 0 Å². The Hall–Kier alpha value is -1.42. The van der Waals surface area contributed by atoms with Crippen molar-refractivity contribution >= 4 is 41.7 Å². The summed E-state index contributed by atoms with van der Waals surface area (Å²) in [6.45, 7) is 0. The number of nitrogen functional groups attached to an aromatic ring is 1. The van der Waals surface area contributed by atoms with Crippen LogP contribution in [0.5, 0.6) is 0 Å². The van der Waals surface area contributed by atoms with E-state index in [1.165, 1.54) is 28.9 Å². The molecule has 2 N–H and O–H groups in total. The summed E-state index contributed by atoms with van der Waals surface area (Å²) in [5.41, 5.74) is 8.28. The fourth-order valence-electron chi connectivity index (χ4n) is 2.95. The molecule has 3 nitrogen and oxygen atoms in total. The number of aryl methyl sites for hydroxylation is 2. The Morgan fingerprint density at radius 3 is 2.82 bits per heavy atom. The minimum absolute atomic E-state index is 0.0723. The average molecular weight is 381 g/mol. The fourth-order valence-corrected chi connectivity index (χ4v) is 5.79. The Morgan fingerprint density at radius 1 is 1.18 bits per heavy atom. The van der Waals surface area contributed by atoms with Crippen LogP contribution in [0.1, 0.15) is 22.8 Å². The number of nitrogens with zero attached hydrogens (tertiary/aromatic N) is 2. The van der Waals surface area contributed by atoms with E-state index in [4.69, 9.17) is 22.3 Å². The minimum atomic E-state index is -0.444. The summed E-state index contributed by atoms with van der Waals surface area (Å²) < 4.78 is 15.9. The topological polar surface area (TPSA) is 51.8 Å². The average Bonchev–Trinajstić information content (AvgIpc) is 2.88. The molecule has 0 fully saturated rings. The molecule has 0 radical (unpaired) electrons. The van der Waals surface area contributed by atoms with Gasteiger partial charge in [-0.3, -0.25) is 0 Å². The molecule has 2 heterocycles. The Labute approximate surface area is 138 Å². The summed E-state index contributed by atoms with van der Waals surface area (Å²) in [6, 6.07) is 4.52. The van der Waals surface area contributed by atoms with Gasteiger partial charge in [-0.15, -0.1) is 0 Å². The number of hydrogen-bond donors (Lipinski definition) is 1. The van der Waals surface area contributed by atoms with Crippen molar-refractivity contribution in [1.82, 2.24) is 9.97 Å². The van der Waals surface area contributed by atoms with Crippen molar-refractivity contribution in [3.05, 3.63) is 39.0 Å². The Bertz CT molecular complexity index is 891. The number of aromatic nitrogens is 2. The molecule has 0 spiro atoms. The molecule has 2 aromatic heterocycles. The van der Waals surface area contributed by atoms with Gasteiger partial charge < -0.3 is 0 Å². The zero-order valence-corrected chi connectivity index (χ0v) is 14.2. The molecule has 1 aromatic carbocycles. The van der Waals surface area contributed by atoms with Crippen LogP contribution in [0.4, 0.5) is 10.2 Å². The van der Waals surface area contributed by atoms with E-state index in [-0.39, 0.29) is 19.5 Å². The van der Waals surface area contributed by atoms with E-state index in [0.717, 1.165) is 22.6 Å². The maximum absolute atomic E-state index is 13.3. The molecule has 3 aromatic rings. The number of benzene rings is 1. The summed E-state index contributed by atoms with van der Waals surface area (Å²) in [5, 5.41) is 1.13. The van der Waals surface area contributed by atoms with Crippen LogP contribution in [-0.2, 0) is 12.8 Å². The van der Waals surface area contributed by atoms with Crippen LogP contribution >= 0.6 is 11.6 Å². The van der Waals surface area contributed by atoms with Crippen LogP contribution in [-0.4, -0.2) is 24.5 Å². The first-order valence-corrected chi connectivity index (χ1v) is 9.26. The first-order chi connectivity index (χ1) is 10.6. The van der Waals surface area contributed by atoms with E-state index >= 15 is 0 Å². The fraction of sp³-hybridized carbons (Fsp3) is 0.250. The van der Waals surface area contributed by atoms with E-state index in [0.29, 0.717) is 17.2 Å². The Balaban J connectivity index is 1.91. The van der Waals surface area contributed by atoms with Gasteiger partial charge in [-0.2, -0.15) is 0 Å². The van der Waals surface area contributed by atoms with Crippen molar-refractivity contribution in [1.29, 1.82) is 0 Å². The monoisotopic (exact) mass is 381 g/mol. The summed E-state index contributed by atoms with van der Waals surface area (Å²) in [7, 11) is 0. The van der Waals surface area contributed by atoms with Crippen molar-refractivity contribution < 1.29 is 4.39 Å². The third kappa shape index (κ3) is 2.24. The summed E-state index contributed by atoms with van der Waals surface area (Å²) in [4.78, 5) is 9.13. The Kier molecular flexibility index (Phi) is 3.44. The summed E-state index contributed by atoms with van der Waals surface area (Å²) >= 11 is 6.09. The van der Waals surface area contributed by atoms with Crippen molar-refractivity contribution in [3.8, 4) is 11.4 Å². The van der Waals surface area contributed by atoms with E-state index < -0.39 is 5.82 Å². The van der Waals surface area contributed by atoms with Gasteiger partial charge in [0, 0.05) is 0 Å². The number of nitrogens with two attached hydrogens (primary N) is 1. The van der Waals surface area contributed by atoms with Gasteiger partial charge in [-0.05, 0) is 0 Å². The van der Waals surface area contributed by atoms with Gasteiger partial charge in [0.15, 0.2) is 0 Å². The van der Waals surface area contributed by atoms with E-state index in [1.807, 2.05) is 0 Å². The van der Waals surface area contributed by atoms with Crippen LogP contribution in [0.25, 0.3) is 21.2 Å². The zero-order chi connectivity index (χ0) is 15.3. The first-order valence-electron chi connectivity index (χ1n) is 7.16. The first kappa shape index (κ1) is 14.2. The summed E-state index contributed by atoms with van der Waals surface area (Å²) in [5.74, 6) is 0.620. The van der Waals surface area contributed by atoms with E-state index in [9.17, 15) is 4.39 Å². The molecule has 0 saturated carbocycles. The van der Waals surface area contributed by atoms with Crippen LogP contribution in [0.2, 0.25) is 5.02 Å². The number of rotatable bonds is 1. The standard InChI is InChI=1S/C16H13ClFN3Se/c17-10-7-8(5-6-11(10)18)15-20-14(19)13-9-3-1-2-4-12(9)22-16(13)21-15/h5-7H,1-4H2,(H2,19,20,21). The van der Waals surface area contributed by atoms with E-state index in [1.54, 1.807) is 12.1 Å². The van der Waals surface area contributed by atoms with Gasteiger partial charge in [0.05, 0.1) is 0 Å². The second-order valence-electron chi connectivity index (χ2n) is 5.45. The molecule has 0 saturated heterocycles. The van der Waals surface area contributed by atoms with Gasteiger partial charge in [-0.1, -0.05) is 0 Å². The zero-order valence-electron chi connectivity index (χ0n) is 11.7. The van der Waals surface area contributed by atoms with Crippen LogP contribution in [0.15, 0.2) is 18.2 Å². The van der Waals surface area contributed by atoms with Crippen LogP contribution < -0.4 is 5.73 Å². The maximum atomic E-state index is 13.3. The number of anilines is 1. The molecular weight excluding hydrogens is 368 g/mol. The molecule has 0 unspecified atom stereocenters. The van der Waals surface area contributed by atoms with Crippen LogP contribution in [0, 0.1) is 5.82 Å². The number of halogens is 2.